The highest BCUT2D eigenvalue weighted by atomic mass is 16.5. The minimum atomic E-state index is -0.00326. The van der Waals surface area contributed by atoms with Crippen molar-refractivity contribution < 1.29 is 9.84 Å². The smallest absolute Gasteiger partial charge is 0.0902 e. The maximum Gasteiger partial charge on any atom is 0.0902 e. The van der Waals surface area contributed by atoms with Crippen LogP contribution in [0.1, 0.15) is 11.4 Å². The topological polar surface area (TPSA) is 58.1 Å². The highest BCUT2D eigenvalue weighted by molar-refractivity contribution is 5.06. The van der Waals surface area contributed by atoms with Gasteiger partial charge in [-0.1, -0.05) is 0 Å². The minimum Gasteiger partial charge on any atom is -0.390 e. The molecule has 1 heterocycles. The maximum absolute atomic E-state index is 8.61. The van der Waals surface area contributed by atoms with E-state index in [1.54, 1.807) is 13.2 Å². The predicted octanol–water partition coefficient (Wildman–Crippen LogP) is 0.0484. The monoisotopic (exact) mass is 142 g/mol. The molecule has 0 unspecified atom stereocenters. The Bertz CT molecular complexity index is 197. The fourth-order valence-corrected chi connectivity index (χ4v) is 0.712. The van der Waals surface area contributed by atoms with E-state index in [-0.39, 0.29) is 6.61 Å². The average Bonchev–Trinajstić information content (AvgIpc) is 2.37. The third-order valence-electron chi connectivity index (χ3n) is 1.15. The maximum atomic E-state index is 8.61. The predicted molar refractivity (Wildman–Crippen MR) is 35.2 cm³/mol. The molecule has 2 N–H and O–H groups in total. The van der Waals surface area contributed by atoms with Crippen molar-refractivity contribution in [3.63, 3.8) is 0 Å². The molecule has 56 valence electrons. The first-order valence-electron chi connectivity index (χ1n) is 2.99. The Balaban J connectivity index is 2.59. The standard InChI is InChI=1S/C6H10N2O2/c1-10-4-6-2-5(3-9)7-8-6/h2,9H,3-4H2,1H3,(H,7,8). The number of aromatic nitrogens is 2. The van der Waals surface area contributed by atoms with Crippen LogP contribution in [0.3, 0.4) is 0 Å². The quantitative estimate of drug-likeness (QED) is 0.626. The van der Waals surface area contributed by atoms with Gasteiger partial charge in [0.2, 0.25) is 0 Å². The SMILES string of the molecule is COCc1cc(CO)[nH]n1. The summed E-state index contributed by atoms with van der Waals surface area (Å²) < 4.78 is 4.82. The summed E-state index contributed by atoms with van der Waals surface area (Å²) in [6, 6.07) is 1.77. The molecule has 0 radical (unpaired) electrons. The molecule has 0 saturated heterocycles. The number of hydrogen-bond donors (Lipinski definition) is 2. The van der Waals surface area contributed by atoms with Crippen LogP contribution in [0.4, 0.5) is 0 Å². The van der Waals surface area contributed by atoms with E-state index in [4.69, 9.17) is 9.84 Å². The first kappa shape index (κ1) is 7.24. The Labute approximate surface area is 58.8 Å². The second-order valence-corrected chi connectivity index (χ2v) is 1.98. The van der Waals surface area contributed by atoms with Gasteiger partial charge >= 0.3 is 0 Å². The van der Waals surface area contributed by atoms with Crippen LogP contribution in [0, 0.1) is 0 Å². The summed E-state index contributed by atoms with van der Waals surface area (Å²) >= 11 is 0. The number of aliphatic hydroxyl groups excluding tert-OH is 1. The Morgan fingerprint density at radius 1 is 1.80 bits per heavy atom. The summed E-state index contributed by atoms with van der Waals surface area (Å²) in [7, 11) is 1.60. The van der Waals surface area contributed by atoms with Gasteiger partial charge in [0.05, 0.1) is 24.6 Å². The lowest BCUT2D eigenvalue weighted by Gasteiger charge is -1.88. The van der Waals surface area contributed by atoms with E-state index in [9.17, 15) is 0 Å². The number of aromatic amines is 1. The molecule has 0 amide bonds. The average molecular weight is 142 g/mol. The second kappa shape index (κ2) is 3.34. The fraction of sp³-hybridized carbons (Fsp3) is 0.500. The van der Waals surface area contributed by atoms with Crippen molar-refractivity contribution in [2.24, 2.45) is 0 Å². The van der Waals surface area contributed by atoms with Crippen LogP contribution in [-0.4, -0.2) is 22.4 Å². The van der Waals surface area contributed by atoms with Crippen molar-refractivity contribution >= 4 is 0 Å². The van der Waals surface area contributed by atoms with Crippen LogP contribution in [0.15, 0.2) is 6.07 Å². The van der Waals surface area contributed by atoms with Gasteiger partial charge in [-0.25, -0.2) is 0 Å². The minimum absolute atomic E-state index is 0.00326. The van der Waals surface area contributed by atoms with E-state index >= 15 is 0 Å². The lowest BCUT2D eigenvalue weighted by molar-refractivity contribution is 0.181. The number of methoxy groups -OCH3 is 1. The highest BCUT2D eigenvalue weighted by Crippen LogP contribution is 1.99. The van der Waals surface area contributed by atoms with E-state index in [1.807, 2.05) is 0 Å². The number of ether oxygens (including phenoxy) is 1. The highest BCUT2D eigenvalue weighted by Gasteiger charge is 1.97. The van der Waals surface area contributed by atoms with Gasteiger partial charge < -0.3 is 9.84 Å². The molecule has 1 aromatic heterocycles. The molecule has 4 nitrogen and oxygen atoms in total. The molecule has 0 aliphatic rings. The molecule has 0 saturated carbocycles. The molecule has 1 rings (SSSR count). The zero-order valence-electron chi connectivity index (χ0n) is 5.79. The fourth-order valence-electron chi connectivity index (χ4n) is 0.712. The van der Waals surface area contributed by atoms with Gasteiger partial charge in [0.15, 0.2) is 0 Å². The first-order valence-corrected chi connectivity index (χ1v) is 2.99. The van der Waals surface area contributed by atoms with Gasteiger partial charge in [0.1, 0.15) is 0 Å². The van der Waals surface area contributed by atoms with E-state index in [0.717, 1.165) is 5.69 Å². The summed E-state index contributed by atoms with van der Waals surface area (Å²) in [4.78, 5) is 0. The Hall–Kier alpha value is -0.870. The molecule has 1 aromatic rings. The van der Waals surface area contributed by atoms with Crippen LogP contribution in [-0.2, 0) is 18.0 Å². The van der Waals surface area contributed by atoms with Gasteiger partial charge in [-0.05, 0) is 6.07 Å². The van der Waals surface area contributed by atoms with Crippen molar-refractivity contribution in [2.45, 2.75) is 13.2 Å². The largest absolute Gasteiger partial charge is 0.390 e. The van der Waals surface area contributed by atoms with Crippen LogP contribution in [0.2, 0.25) is 0 Å². The molecule has 0 fully saturated rings. The third kappa shape index (κ3) is 1.55. The lowest BCUT2D eigenvalue weighted by Crippen LogP contribution is -1.85. The van der Waals surface area contributed by atoms with Gasteiger partial charge in [-0.2, -0.15) is 5.10 Å². The molecular formula is C6H10N2O2. The van der Waals surface area contributed by atoms with Crippen molar-refractivity contribution in [2.75, 3.05) is 7.11 Å². The first-order chi connectivity index (χ1) is 4.86. The van der Waals surface area contributed by atoms with Gasteiger partial charge in [-0.15, -0.1) is 0 Å². The Kier molecular flexibility index (Phi) is 2.42. The summed E-state index contributed by atoms with van der Waals surface area (Å²) in [6.07, 6.45) is 0. The normalized spacial score (nSPS) is 10.2. The van der Waals surface area contributed by atoms with Crippen LogP contribution >= 0.6 is 0 Å². The lowest BCUT2D eigenvalue weighted by atomic mass is 10.4. The molecule has 4 heteroatoms. The van der Waals surface area contributed by atoms with Gasteiger partial charge in [-0.3, -0.25) is 5.10 Å². The molecular weight excluding hydrogens is 132 g/mol. The second-order valence-electron chi connectivity index (χ2n) is 1.98. The van der Waals surface area contributed by atoms with Gasteiger partial charge in [0.25, 0.3) is 0 Å². The van der Waals surface area contributed by atoms with Crippen molar-refractivity contribution in [1.82, 2.24) is 10.2 Å². The Morgan fingerprint density at radius 3 is 3.10 bits per heavy atom. The summed E-state index contributed by atoms with van der Waals surface area (Å²) in [5.74, 6) is 0. The summed E-state index contributed by atoms with van der Waals surface area (Å²) in [5.41, 5.74) is 1.53. The van der Waals surface area contributed by atoms with E-state index < -0.39 is 0 Å². The molecule has 0 aliphatic heterocycles. The number of aliphatic hydroxyl groups is 1. The summed E-state index contributed by atoms with van der Waals surface area (Å²) in [6.45, 7) is 0.479. The van der Waals surface area contributed by atoms with Crippen LogP contribution in [0.5, 0.6) is 0 Å². The Morgan fingerprint density at radius 2 is 2.60 bits per heavy atom. The van der Waals surface area contributed by atoms with Crippen LogP contribution < -0.4 is 0 Å². The zero-order valence-corrected chi connectivity index (χ0v) is 5.79. The number of nitrogens with zero attached hydrogens (tertiary/aromatic N) is 1. The van der Waals surface area contributed by atoms with Gasteiger partial charge in [0, 0.05) is 7.11 Å². The van der Waals surface area contributed by atoms with E-state index in [0.29, 0.717) is 12.3 Å². The molecule has 0 aliphatic carbocycles. The van der Waals surface area contributed by atoms with E-state index in [2.05, 4.69) is 10.2 Å². The third-order valence-corrected chi connectivity index (χ3v) is 1.15. The van der Waals surface area contributed by atoms with Crippen LogP contribution in [0.25, 0.3) is 0 Å². The molecule has 0 bridgehead atoms. The van der Waals surface area contributed by atoms with Crippen molar-refractivity contribution in [3.05, 3.63) is 17.5 Å². The zero-order chi connectivity index (χ0) is 7.40. The molecule has 10 heavy (non-hydrogen) atoms. The van der Waals surface area contributed by atoms with E-state index in [1.165, 1.54) is 0 Å². The number of nitrogens with one attached hydrogen (secondary N) is 1. The molecule has 0 spiro atoms. The number of H-pyrrole nitrogens is 1. The molecule has 0 atom stereocenters. The van der Waals surface area contributed by atoms with Crippen molar-refractivity contribution in [3.8, 4) is 0 Å². The summed E-state index contributed by atoms with van der Waals surface area (Å²) in [5, 5.41) is 15.1. The molecule has 0 aromatic carbocycles. The van der Waals surface area contributed by atoms with Crippen molar-refractivity contribution in [1.29, 1.82) is 0 Å². The number of rotatable bonds is 3. The number of hydrogen-bond acceptors (Lipinski definition) is 3.